The van der Waals surface area contributed by atoms with Crippen LogP contribution in [0.1, 0.15) is 12.0 Å². The number of carbonyl (C=O) groups is 1. The third-order valence-electron chi connectivity index (χ3n) is 4.19. The number of hydrogen-bond acceptors (Lipinski definition) is 5. The number of nitrogens with zero attached hydrogens (tertiary/aromatic N) is 6. The molecule has 0 radical (unpaired) electrons. The Labute approximate surface area is 165 Å². The van der Waals surface area contributed by atoms with E-state index in [2.05, 4.69) is 20.4 Å². The van der Waals surface area contributed by atoms with Gasteiger partial charge < -0.3 is 9.88 Å². The summed E-state index contributed by atoms with van der Waals surface area (Å²) in [6.07, 6.45) is 4.15. The molecule has 1 N–H and O–H groups in total. The van der Waals surface area contributed by atoms with Gasteiger partial charge in [-0.05, 0) is 31.7 Å². The summed E-state index contributed by atoms with van der Waals surface area (Å²) in [4.78, 5) is 22.0. The second kappa shape index (κ2) is 8.86. The Morgan fingerprint density at radius 2 is 2.07 bits per heavy atom. The average molecular weight is 407 g/mol. The summed E-state index contributed by atoms with van der Waals surface area (Å²) in [6, 6.07) is 3.09. The maximum absolute atomic E-state index is 13.1. The molecule has 8 nitrogen and oxygen atoms in total. The van der Waals surface area contributed by atoms with Gasteiger partial charge in [-0.15, -0.1) is 0 Å². The minimum absolute atomic E-state index is 0.0159. The summed E-state index contributed by atoms with van der Waals surface area (Å²) in [5.41, 5.74) is -0.542. The van der Waals surface area contributed by atoms with Gasteiger partial charge in [0.25, 0.3) is 0 Å². The molecule has 0 bridgehead atoms. The molecule has 0 unspecified atom stereocenters. The molecule has 0 aliphatic heterocycles. The molecular formula is C18H20F3N7O. The van der Waals surface area contributed by atoms with Crippen LogP contribution in [0.5, 0.6) is 0 Å². The molecule has 0 saturated carbocycles. The molecular weight excluding hydrogens is 387 g/mol. The molecule has 154 valence electrons. The lowest BCUT2D eigenvalue weighted by atomic mass is 10.1. The second-order valence-corrected chi connectivity index (χ2v) is 6.51. The monoisotopic (exact) mass is 407 g/mol. The van der Waals surface area contributed by atoms with Gasteiger partial charge in [-0.2, -0.15) is 18.3 Å². The fraction of sp³-hybridized carbons (Fsp3) is 0.333. The highest BCUT2D eigenvalue weighted by Crippen LogP contribution is 2.33. The number of aromatic nitrogens is 5. The van der Waals surface area contributed by atoms with E-state index in [1.807, 2.05) is 10.8 Å². The van der Waals surface area contributed by atoms with Gasteiger partial charge in [0, 0.05) is 25.5 Å². The van der Waals surface area contributed by atoms with Gasteiger partial charge in [-0.3, -0.25) is 9.69 Å². The van der Waals surface area contributed by atoms with Crippen LogP contribution in [-0.2, 0) is 17.5 Å². The lowest BCUT2D eigenvalue weighted by Crippen LogP contribution is -2.31. The van der Waals surface area contributed by atoms with Crippen molar-refractivity contribution in [3.63, 3.8) is 0 Å². The van der Waals surface area contributed by atoms with Crippen molar-refractivity contribution in [1.29, 1.82) is 0 Å². The van der Waals surface area contributed by atoms with Crippen molar-refractivity contribution in [1.82, 2.24) is 29.2 Å². The summed E-state index contributed by atoms with van der Waals surface area (Å²) in [5, 5.41) is 6.49. The number of hydrogen-bond donors (Lipinski definition) is 1. The predicted octanol–water partition coefficient (Wildman–Crippen LogP) is 2.44. The number of nitrogens with one attached hydrogen (secondary N) is 1. The molecule has 1 aromatic carbocycles. The van der Waals surface area contributed by atoms with Gasteiger partial charge in [-0.1, -0.05) is 0 Å². The standard InChI is InChI=1S/C18H20F3N7O/c1-26(6-2-7-27-8-5-22-12-27)10-17(29)25-15-9-14(18(19,20)21)3-4-16(15)28-13-23-11-24-28/h3-5,8-9,11-13H,2,6-7,10H2,1H3,(H,25,29). The highest BCUT2D eigenvalue weighted by atomic mass is 19.4. The maximum atomic E-state index is 13.1. The van der Waals surface area contributed by atoms with Gasteiger partial charge in [0.2, 0.25) is 5.91 Å². The van der Waals surface area contributed by atoms with Crippen molar-refractivity contribution in [3.05, 3.63) is 55.1 Å². The molecule has 0 atom stereocenters. The molecule has 0 aliphatic carbocycles. The summed E-state index contributed by atoms with van der Waals surface area (Å²) >= 11 is 0. The number of aryl methyl sites for hydroxylation is 1. The number of imidazole rings is 1. The number of alkyl halides is 3. The molecule has 11 heteroatoms. The SMILES string of the molecule is CN(CCCn1ccnc1)CC(=O)Nc1cc(C(F)(F)F)ccc1-n1cncn1. The summed E-state index contributed by atoms with van der Waals surface area (Å²) in [7, 11) is 1.78. The first-order valence-corrected chi connectivity index (χ1v) is 8.83. The van der Waals surface area contributed by atoms with E-state index in [0.717, 1.165) is 25.1 Å². The smallest absolute Gasteiger partial charge is 0.337 e. The zero-order chi connectivity index (χ0) is 20.9. The van der Waals surface area contributed by atoms with Crippen LogP contribution in [0.2, 0.25) is 0 Å². The Morgan fingerprint density at radius 1 is 1.24 bits per heavy atom. The number of rotatable bonds is 8. The fourth-order valence-corrected chi connectivity index (χ4v) is 2.80. The first-order chi connectivity index (χ1) is 13.8. The van der Waals surface area contributed by atoms with E-state index < -0.39 is 17.6 Å². The Hall–Kier alpha value is -3.21. The van der Waals surface area contributed by atoms with Gasteiger partial charge in [0.15, 0.2) is 0 Å². The van der Waals surface area contributed by atoms with E-state index in [9.17, 15) is 18.0 Å². The molecule has 29 heavy (non-hydrogen) atoms. The Balaban J connectivity index is 1.64. The molecule has 0 aliphatic rings. The Bertz CT molecular complexity index is 924. The number of carbonyl (C=O) groups excluding carboxylic acids is 1. The highest BCUT2D eigenvalue weighted by molar-refractivity contribution is 5.94. The number of halogens is 3. The van der Waals surface area contributed by atoms with E-state index in [0.29, 0.717) is 12.2 Å². The third kappa shape index (κ3) is 5.64. The normalized spacial score (nSPS) is 11.8. The molecule has 0 saturated heterocycles. The van der Waals surface area contributed by atoms with Gasteiger partial charge in [0.1, 0.15) is 12.7 Å². The number of benzene rings is 1. The first-order valence-electron chi connectivity index (χ1n) is 8.83. The lowest BCUT2D eigenvalue weighted by molar-refractivity contribution is -0.137. The van der Waals surface area contributed by atoms with Crippen molar-refractivity contribution in [2.24, 2.45) is 0 Å². The molecule has 2 aromatic heterocycles. The zero-order valence-corrected chi connectivity index (χ0v) is 15.7. The van der Waals surface area contributed by atoms with Crippen molar-refractivity contribution < 1.29 is 18.0 Å². The van der Waals surface area contributed by atoms with Crippen molar-refractivity contribution >= 4 is 11.6 Å². The molecule has 3 aromatic rings. The Kier molecular flexibility index (Phi) is 6.27. The van der Waals surface area contributed by atoms with Gasteiger partial charge in [-0.25, -0.2) is 14.6 Å². The van der Waals surface area contributed by atoms with Crippen LogP contribution in [0.4, 0.5) is 18.9 Å². The minimum Gasteiger partial charge on any atom is -0.337 e. The Morgan fingerprint density at radius 3 is 2.72 bits per heavy atom. The van der Waals surface area contributed by atoms with E-state index in [-0.39, 0.29) is 12.2 Å². The minimum atomic E-state index is -4.52. The molecule has 3 rings (SSSR count). The van der Waals surface area contributed by atoms with E-state index in [1.54, 1.807) is 24.5 Å². The predicted molar refractivity (Wildman–Crippen MR) is 99.3 cm³/mol. The lowest BCUT2D eigenvalue weighted by Gasteiger charge is -2.18. The number of likely N-dealkylation sites (N-methyl/N-ethyl adjacent to an activating group) is 1. The van der Waals surface area contributed by atoms with Crippen LogP contribution in [0.15, 0.2) is 49.6 Å². The van der Waals surface area contributed by atoms with Gasteiger partial charge >= 0.3 is 6.18 Å². The van der Waals surface area contributed by atoms with E-state index in [1.165, 1.54) is 23.4 Å². The summed E-state index contributed by atoms with van der Waals surface area (Å²) in [6.45, 7) is 1.44. The quantitative estimate of drug-likeness (QED) is 0.620. The third-order valence-corrected chi connectivity index (χ3v) is 4.19. The number of anilines is 1. The van der Waals surface area contributed by atoms with Crippen LogP contribution in [0.3, 0.4) is 0 Å². The van der Waals surface area contributed by atoms with Crippen molar-refractivity contribution in [2.45, 2.75) is 19.1 Å². The number of amides is 1. The maximum Gasteiger partial charge on any atom is 0.416 e. The molecule has 2 heterocycles. The van der Waals surface area contributed by atoms with Crippen LogP contribution in [0, 0.1) is 0 Å². The van der Waals surface area contributed by atoms with Gasteiger partial charge in [0.05, 0.1) is 29.8 Å². The molecule has 0 spiro atoms. The van der Waals surface area contributed by atoms with E-state index in [4.69, 9.17) is 0 Å². The molecule has 1 amide bonds. The average Bonchev–Trinajstić information content (AvgIpc) is 3.34. The summed E-state index contributed by atoms with van der Waals surface area (Å²) in [5.74, 6) is -0.421. The van der Waals surface area contributed by atoms with Crippen LogP contribution in [-0.4, -0.2) is 55.3 Å². The van der Waals surface area contributed by atoms with E-state index >= 15 is 0 Å². The highest BCUT2D eigenvalue weighted by Gasteiger charge is 2.31. The van der Waals surface area contributed by atoms with Crippen molar-refractivity contribution in [3.8, 4) is 5.69 Å². The van der Waals surface area contributed by atoms with Crippen LogP contribution in [0.25, 0.3) is 5.69 Å². The van der Waals surface area contributed by atoms with Crippen LogP contribution >= 0.6 is 0 Å². The first kappa shape index (κ1) is 20.5. The fourth-order valence-electron chi connectivity index (χ4n) is 2.80. The topological polar surface area (TPSA) is 80.9 Å². The molecule has 0 fully saturated rings. The van der Waals surface area contributed by atoms with Crippen LogP contribution < -0.4 is 5.32 Å². The van der Waals surface area contributed by atoms with Crippen molar-refractivity contribution in [2.75, 3.05) is 25.5 Å². The zero-order valence-electron chi connectivity index (χ0n) is 15.7. The summed E-state index contributed by atoms with van der Waals surface area (Å²) < 4.78 is 42.5. The largest absolute Gasteiger partial charge is 0.416 e. The second-order valence-electron chi connectivity index (χ2n) is 6.51.